The Labute approximate surface area is 144 Å². The first-order chi connectivity index (χ1) is 11.6. The number of nitrogens with zero attached hydrogens (tertiary/aromatic N) is 3. The second-order valence-corrected chi connectivity index (χ2v) is 7.39. The molecule has 1 aliphatic heterocycles. The fourth-order valence-electron chi connectivity index (χ4n) is 3.17. The summed E-state index contributed by atoms with van der Waals surface area (Å²) < 4.78 is 13.3. The summed E-state index contributed by atoms with van der Waals surface area (Å²) in [7, 11) is 0. The number of aromatic nitrogens is 2. The number of amides is 1. The zero-order valence-electron chi connectivity index (χ0n) is 13.7. The number of likely N-dealkylation sites (tertiary alicyclic amines) is 1. The van der Waals surface area contributed by atoms with E-state index in [0.717, 1.165) is 49.3 Å². The molecule has 2 aromatic heterocycles. The Hall–Kier alpha value is -1.86. The van der Waals surface area contributed by atoms with Gasteiger partial charge in [0.2, 0.25) is 5.91 Å². The Morgan fingerprint density at radius 3 is 3.12 bits per heavy atom. The Morgan fingerprint density at radius 1 is 1.46 bits per heavy atom. The second-order valence-electron chi connectivity index (χ2n) is 6.27. The number of hydrogen-bond acceptors (Lipinski definition) is 5. The van der Waals surface area contributed by atoms with E-state index >= 15 is 0 Å². The summed E-state index contributed by atoms with van der Waals surface area (Å²) >= 11 is 1.52. The Balaban J connectivity index is 1.55. The molecule has 3 heterocycles. The SMILES string of the molecule is CC(=O)Nc1ncc(CN2CCCC(Cc3cncc(F)c3)C2)s1. The fraction of sp³-hybridized carbons (Fsp3) is 0.471. The summed E-state index contributed by atoms with van der Waals surface area (Å²) in [5.41, 5.74) is 0.965. The van der Waals surface area contributed by atoms with Gasteiger partial charge < -0.3 is 5.32 Å². The van der Waals surface area contributed by atoms with Gasteiger partial charge in [-0.2, -0.15) is 0 Å². The fourth-order valence-corrected chi connectivity index (χ4v) is 4.07. The topological polar surface area (TPSA) is 58.1 Å². The van der Waals surface area contributed by atoms with Crippen LogP contribution in [-0.4, -0.2) is 33.9 Å². The summed E-state index contributed by atoms with van der Waals surface area (Å²) in [5, 5.41) is 3.37. The molecule has 0 saturated carbocycles. The van der Waals surface area contributed by atoms with Crippen LogP contribution in [-0.2, 0) is 17.8 Å². The molecule has 1 amide bonds. The van der Waals surface area contributed by atoms with Gasteiger partial charge in [0, 0.05) is 37.3 Å². The molecule has 1 aliphatic rings. The maximum atomic E-state index is 13.3. The van der Waals surface area contributed by atoms with Crippen molar-refractivity contribution in [3.05, 3.63) is 40.9 Å². The molecule has 3 rings (SSSR count). The molecule has 0 aromatic carbocycles. The second kappa shape index (κ2) is 7.81. The van der Waals surface area contributed by atoms with Gasteiger partial charge in [0.15, 0.2) is 5.13 Å². The molecule has 1 saturated heterocycles. The molecule has 0 aliphatic carbocycles. The maximum absolute atomic E-state index is 13.3. The van der Waals surface area contributed by atoms with Crippen molar-refractivity contribution in [3.8, 4) is 0 Å². The molecule has 128 valence electrons. The molecule has 0 bridgehead atoms. The summed E-state index contributed by atoms with van der Waals surface area (Å²) in [5.74, 6) is 0.151. The molecular formula is C17H21FN4OS. The van der Waals surface area contributed by atoms with Crippen LogP contribution in [0.1, 0.15) is 30.2 Å². The highest BCUT2D eigenvalue weighted by Crippen LogP contribution is 2.25. The van der Waals surface area contributed by atoms with Gasteiger partial charge in [-0.05, 0) is 43.4 Å². The van der Waals surface area contributed by atoms with Crippen molar-refractivity contribution >= 4 is 22.4 Å². The van der Waals surface area contributed by atoms with Crippen molar-refractivity contribution in [2.24, 2.45) is 5.92 Å². The van der Waals surface area contributed by atoms with Crippen molar-refractivity contribution in [2.75, 3.05) is 18.4 Å². The van der Waals surface area contributed by atoms with E-state index in [4.69, 9.17) is 0 Å². The minimum absolute atomic E-state index is 0.0994. The zero-order chi connectivity index (χ0) is 16.9. The highest BCUT2D eigenvalue weighted by atomic mass is 32.1. The molecule has 5 nitrogen and oxygen atoms in total. The van der Waals surface area contributed by atoms with Crippen LogP contribution in [0.25, 0.3) is 0 Å². The Kier molecular flexibility index (Phi) is 5.52. The van der Waals surface area contributed by atoms with Gasteiger partial charge in [0.05, 0.1) is 6.20 Å². The quantitative estimate of drug-likeness (QED) is 0.902. The minimum Gasteiger partial charge on any atom is -0.302 e. The third kappa shape index (κ3) is 4.82. The van der Waals surface area contributed by atoms with E-state index in [1.54, 1.807) is 12.3 Å². The van der Waals surface area contributed by atoms with Crippen molar-refractivity contribution in [1.82, 2.24) is 14.9 Å². The van der Waals surface area contributed by atoms with Crippen LogP contribution >= 0.6 is 11.3 Å². The van der Waals surface area contributed by atoms with E-state index in [1.807, 2.05) is 6.20 Å². The molecular weight excluding hydrogens is 327 g/mol. The normalized spacial score (nSPS) is 18.5. The average molecular weight is 348 g/mol. The number of anilines is 1. The van der Waals surface area contributed by atoms with E-state index in [-0.39, 0.29) is 11.7 Å². The first-order valence-electron chi connectivity index (χ1n) is 8.12. The van der Waals surface area contributed by atoms with Crippen molar-refractivity contribution in [2.45, 2.75) is 32.7 Å². The third-order valence-corrected chi connectivity index (χ3v) is 5.00. The number of piperidine rings is 1. The standard InChI is InChI=1S/C17H21FN4OS/c1-12(23)21-17-20-9-16(24-17)11-22-4-2-3-13(10-22)5-14-6-15(18)8-19-7-14/h6-9,13H,2-5,10-11H2,1H3,(H,20,21,23). The van der Waals surface area contributed by atoms with E-state index in [9.17, 15) is 9.18 Å². The van der Waals surface area contributed by atoms with Crippen LogP contribution in [0, 0.1) is 11.7 Å². The van der Waals surface area contributed by atoms with E-state index in [2.05, 4.69) is 20.2 Å². The van der Waals surface area contributed by atoms with Crippen LogP contribution in [0.4, 0.5) is 9.52 Å². The van der Waals surface area contributed by atoms with Gasteiger partial charge in [-0.25, -0.2) is 9.37 Å². The number of hydrogen-bond donors (Lipinski definition) is 1. The Bertz CT molecular complexity index is 705. The molecule has 1 atom stereocenters. The van der Waals surface area contributed by atoms with Gasteiger partial charge in [0.25, 0.3) is 0 Å². The number of thiazole rings is 1. The van der Waals surface area contributed by atoms with Crippen LogP contribution in [0.15, 0.2) is 24.7 Å². The number of nitrogens with one attached hydrogen (secondary N) is 1. The predicted octanol–water partition coefficient (Wildman–Crippen LogP) is 3.09. The summed E-state index contributed by atoms with van der Waals surface area (Å²) in [6, 6.07) is 1.58. The third-order valence-electron chi connectivity index (χ3n) is 4.10. The van der Waals surface area contributed by atoms with Gasteiger partial charge in [-0.3, -0.25) is 14.7 Å². The van der Waals surface area contributed by atoms with Gasteiger partial charge >= 0.3 is 0 Å². The molecule has 1 N–H and O–H groups in total. The molecule has 0 spiro atoms. The highest BCUT2D eigenvalue weighted by molar-refractivity contribution is 7.15. The zero-order valence-corrected chi connectivity index (χ0v) is 14.5. The first kappa shape index (κ1) is 17.0. The Morgan fingerprint density at radius 2 is 2.33 bits per heavy atom. The maximum Gasteiger partial charge on any atom is 0.223 e. The van der Waals surface area contributed by atoms with Crippen molar-refractivity contribution in [1.29, 1.82) is 0 Å². The average Bonchev–Trinajstić information content (AvgIpc) is 2.94. The lowest BCUT2D eigenvalue weighted by molar-refractivity contribution is -0.114. The number of pyridine rings is 1. The highest BCUT2D eigenvalue weighted by Gasteiger charge is 2.21. The summed E-state index contributed by atoms with van der Waals surface area (Å²) in [6.45, 7) is 4.38. The van der Waals surface area contributed by atoms with Crippen LogP contribution < -0.4 is 5.32 Å². The minimum atomic E-state index is -0.268. The number of carbonyl (C=O) groups excluding carboxylic acids is 1. The van der Waals surface area contributed by atoms with E-state index in [0.29, 0.717) is 11.0 Å². The molecule has 1 unspecified atom stereocenters. The molecule has 1 fully saturated rings. The molecule has 2 aromatic rings. The van der Waals surface area contributed by atoms with Gasteiger partial charge in [-0.1, -0.05) is 0 Å². The van der Waals surface area contributed by atoms with Crippen molar-refractivity contribution in [3.63, 3.8) is 0 Å². The van der Waals surface area contributed by atoms with Crippen LogP contribution in [0.2, 0.25) is 0 Å². The molecule has 24 heavy (non-hydrogen) atoms. The lowest BCUT2D eigenvalue weighted by atomic mass is 9.92. The summed E-state index contributed by atoms with van der Waals surface area (Å²) in [6.07, 6.45) is 7.99. The largest absolute Gasteiger partial charge is 0.302 e. The molecule has 0 radical (unpaired) electrons. The van der Waals surface area contributed by atoms with Crippen LogP contribution in [0.3, 0.4) is 0 Å². The van der Waals surface area contributed by atoms with Crippen molar-refractivity contribution < 1.29 is 9.18 Å². The van der Waals surface area contributed by atoms with Gasteiger partial charge in [-0.15, -0.1) is 11.3 Å². The van der Waals surface area contributed by atoms with E-state index < -0.39 is 0 Å². The number of halogens is 1. The van der Waals surface area contributed by atoms with Gasteiger partial charge in [0.1, 0.15) is 5.82 Å². The first-order valence-corrected chi connectivity index (χ1v) is 8.94. The summed E-state index contributed by atoms with van der Waals surface area (Å²) in [4.78, 5) is 22.8. The van der Waals surface area contributed by atoms with E-state index in [1.165, 1.54) is 24.5 Å². The molecule has 7 heteroatoms. The lowest BCUT2D eigenvalue weighted by Gasteiger charge is -2.32. The lowest BCUT2D eigenvalue weighted by Crippen LogP contribution is -2.35. The number of carbonyl (C=O) groups is 1. The predicted molar refractivity (Wildman–Crippen MR) is 92.3 cm³/mol. The monoisotopic (exact) mass is 348 g/mol. The number of rotatable bonds is 5. The van der Waals surface area contributed by atoms with Crippen LogP contribution in [0.5, 0.6) is 0 Å². The smallest absolute Gasteiger partial charge is 0.223 e.